The van der Waals surface area contributed by atoms with Crippen LogP contribution >= 0.6 is 11.8 Å². The minimum atomic E-state index is -1.11. The zero-order valence-corrected chi connectivity index (χ0v) is 22.7. The van der Waals surface area contributed by atoms with Crippen molar-refractivity contribution in [3.05, 3.63) is 30.3 Å². The molecule has 1 aromatic rings. The summed E-state index contributed by atoms with van der Waals surface area (Å²) in [6.07, 6.45) is 0.936. The number of likely N-dealkylation sites (N-methyl/N-ethyl adjacent to an activating group) is 1. The number of amides is 5. The molecule has 4 rings (SSSR count). The first-order valence-electron chi connectivity index (χ1n) is 12.5. The number of benzene rings is 1. The van der Waals surface area contributed by atoms with Gasteiger partial charge in [0.1, 0.15) is 17.6 Å². The van der Waals surface area contributed by atoms with Crippen LogP contribution in [0.1, 0.15) is 19.8 Å². The Morgan fingerprint density at radius 2 is 1.84 bits per heavy atom. The van der Waals surface area contributed by atoms with E-state index in [4.69, 9.17) is 4.74 Å². The first-order chi connectivity index (χ1) is 18.2. The second-order valence-corrected chi connectivity index (χ2v) is 10.7. The molecule has 0 saturated carbocycles. The van der Waals surface area contributed by atoms with Crippen LogP contribution in [0.15, 0.2) is 30.3 Å². The summed E-state index contributed by atoms with van der Waals surface area (Å²) >= 11 is 1.45. The number of rotatable bonds is 6. The van der Waals surface area contributed by atoms with Gasteiger partial charge in [-0.1, -0.05) is 18.2 Å². The lowest BCUT2D eigenvalue weighted by atomic mass is 9.85. The molecule has 38 heavy (non-hydrogen) atoms. The molecular weight excluding hydrogens is 512 g/mol. The molecule has 3 saturated heterocycles. The van der Waals surface area contributed by atoms with Crippen molar-refractivity contribution in [2.75, 3.05) is 57.0 Å². The zero-order valence-electron chi connectivity index (χ0n) is 21.8. The van der Waals surface area contributed by atoms with Gasteiger partial charge in [0.25, 0.3) is 0 Å². The maximum atomic E-state index is 13.2. The standard InChI is InChI=1S/C25H34N6O6S/c1-17(32)30-16-38-14-20(30)21(33)27-19(22(34)37-3)13-26-24(36)29-11-9-25(10-12-29)23(35)28(2)15-31(25)18-7-5-4-6-8-18/h4-8,19-20H,9-16H2,1-3H3,(H,26,36)(H,27,33)/t19?,20-/m0/s1. The maximum Gasteiger partial charge on any atom is 0.330 e. The summed E-state index contributed by atoms with van der Waals surface area (Å²) in [4.78, 5) is 70.0. The van der Waals surface area contributed by atoms with E-state index in [9.17, 15) is 24.0 Å². The normalized spacial score (nSPS) is 21.4. The predicted molar refractivity (Wildman–Crippen MR) is 141 cm³/mol. The average molecular weight is 547 g/mol. The number of ether oxygens (including phenoxy) is 1. The van der Waals surface area contributed by atoms with Crippen molar-refractivity contribution in [1.82, 2.24) is 25.3 Å². The number of nitrogens with one attached hydrogen (secondary N) is 2. The number of hydrogen-bond donors (Lipinski definition) is 2. The lowest BCUT2D eigenvalue weighted by Gasteiger charge is -2.43. The number of thioether (sulfide) groups is 1. The molecule has 1 aromatic carbocycles. The van der Waals surface area contributed by atoms with Crippen LogP contribution in [-0.4, -0.2) is 114 Å². The largest absolute Gasteiger partial charge is 0.467 e. The highest BCUT2D eigenvalue weighted by Crippen LogP contribution is 2.38. The molecule has 2 N–H and O–H groups in total. The Morgan fingerprint density at radius 3 is 2.47 bits per heavy atom. The van der Waals surface area contributed by atoms with Crippen molar-refractivity contribution < 1.29 is 28.7 Å². The minimum Gasteiger partial charge on any atom is -0.467 e. The number of esters is 1. The highest BCUT2D eigenvalue weighted by Gasteiger charge is 2.53. The van der Waals surface area contributed by atoms with Crippen LogP contribution in [-0.2, 0) is 23.9 Å². The summed E-state index contributed by atoms with van der Waals surface area (Å²) in [5, 5.41) is 5.33. The fourth-order valence-corrected chi connectivity index (χ4v) is 6.48. The number of carbonyl (C=O) groups excluding carboxylic acids is 5. The number of hydrogen-bond acceptors (Lipinski definition) is 8. The first-order valence-corrected chi connectivity index (χ1v) is 13.7. The number of anilines is 1. The summed E-state index contributed by atoms with van der Waals surface area (Å²) in [5.41, 5.74) is 0.251. The Bertz CT molecular complexity index is 1080. The molecule has 0 aliphatic carbocycles. The van der Waals surface area contributed by atoms with Crippen LogP contribution < -0.4 is 15.5 Å². The van der Waals surface area contributed by atoms with E-state index in [2.05, 4.69) is 15.5 Å². The van der Waals surface area contributed by atoms with Gasteiger partial charge in [0.2, 0.25) is 17.7 Å². The van der Waals surface area contributed by atoms with Crippen LogP contribution in [0.3, 0.4) is 0 Å². The number of likely N-dealkylation sites (tertiary alicyclic amines) is 1. The summed E-state index contributed by atoms with van der Waals surface area (Å²) in [6, 6.07) is 7.58. The fraction of sp³-hybridized carbons (Fsp3) is 0.560. The second-order valence-electron chi connectivity index (χ2n) is 9.70. The van der Waals surface area contributed by atoms with Crippen LogP contribution in [0.2, 0.25) is 0 Å². The molecule has 3 heterocycles. The third-order valence-corrected chi connectivity index (χ3v) is 8.42. The maximum absolute atomic E-state index is 13.2. The van der Waals surface area contributed by atoms with Crippen molar-refractivity contribution in [2.24, 2.45) is 0 Å². The average Bonchev–Trinajstić information content (AvgIpc) is 3.52. The van der Waals surface area contributed by atoms with Gasteiger partial charge in [-0.2, -0.15) is 0 Å². The number of carbonyl (C=O) groups is 5. The topological polar surface area (TPSA) is 132 Å². The van der Waals surface area contributed by atoms with E-state index >= 15 is 0 Å². The monoisotopic (exact) mass is 546 g/mol. The Labute approximate surface area is 226 Å². The Kier molecular flexibility index (Phi) is 8.34. The lowest BCUT2D eigenvalue weighted by molar-refractivity contribution is -0.145. The zero-order chi connectivity index (χ0) is 27.4. The van der Waals surface area contributed by atoms with E-state index in [1.165, 1.54) is 30.7 Å². The molecule has 3 fully saturated rings. The van der Waals surface area contributed by atoms with Gasteiger partial charge in [-0.25, -0.2) is 9.59 Å². The van der Waals surface area contributed by atoms with Crippen molar-refractivity contribution in [3.63, 3.8) is 0 Å². The Hall–Kier alpha value is -3.48. The second kappa shape index (κ2) is 11.5. The smallest absolute Gasteiger partial charge is 0.330 e. The van der Waals surface area contributed by atoms with Gasteiger partial charge >= 0.3 is 12.0 Å². The number of urea groups is 1. The molecule has 12 nitrogen and oxygen atoms in total. The van der Waals surface area contributed by atoms with Gasteiger partial charge in [-0.05, 0) is 25.0 Å². The van der Waals surface area contributed by atoms with Crippen LogP contribution in [0.4, 0.5) is 10.5 Å². The van der Waals surface area contributed by atoms with Crippen molar-refractivity contribution in [2.45, 2.75) is 37.4 Å². The Balaban J connectivity index is 1.35. The van der Waals surface area contributed by atoms with Gasteiger partial charge in [0.05, 0.1) is 26.2 Å². The van der Waals surface area contributed by atoms with Crippen molar-refractivity contribution in [1.29, 1.82) is 0 Å². The SMILES string of the molecule is COC(=O)C(CNC(=O)N1CCC2(CC1)C(=O)N(C)CN2c1ccccc1)NC(=O)[C@@H]1CSCN1C(C)=O. The molecule has 13 heteroatoms. The summed E-state index contributed by atoms with van der Waals surface area (Å²) in [6.45, 7) is 2.42. The van der Waals surface area contributed by atoms with Gasteiger partial charge in [-0.15, -0.1) is 11.8 Å². The van der Waals surface area contributed by atoms with E-state index in [0.717, 1.165) is 5.69 Å². The van der Waals surface area contributed by atoms with Crippen molar-refractivity contribution in [3.8, 4) is 0 Å². The molecule has 0 bridgehead atoms. The molecule has 3 aliphatic rings. The van der Waals surface area contributed by atoms with E-state index < -0.39 is 35.5 Å². The minimum absolute atomic E-state index is 0.0413. The first kappa shape index (κ1) is 27.6. The molecule has 5 amide bonds. The Morgan fingerprint density at radius 1 is 1.16 bits per heavy atom. The lowest BCUT2D eigenvalue weighted by Crippen LogP contribution is -2.59. The summed E-state index contributed by atoms with van der Waals surface area (Å²) in [5.74, 6) is -0.522. The van der Waals surface area contributed by atoms with Gasteiger partial charge in [-0.3, -0.25) is 14.4 Å². The van der Waals surface area contributed by atoms with E-state index in [1.807, 2.05) is 30.3 Å². The van der Waals surface area contributed by atoms with Crippen molar-refractivity contribution >= 4 is 47.2 Å². The van der Waals surface area contributed by atoms with E-state index in [0.29, 0.717) is 44.2 Å². The quantitative estimate of drug-likeness (QED) is 0.479. The van der Waals surface area contributed by atoms with Crippen LogP contribution in [0.5, 0.6) is 0 Å². The molecule has 3 aliphatic heterocycles. The van der Waals surface area contributed by atoms with Crippen LogP contribution in [0, 0.1) is 0 Å². The van der Waals surface area contributed by atoms with Gasteiger partial charge < -0.3 is 35.0 Å². The molecule has 1 spiro atoms. The number of nitrogens with zero attached hydrogens (tertiary/aromatic N) is 4. The molecule has 0 radical (unpaired) electrons. The molecule has 0 aromatic heterocycles. The number of para-hydroxylation sites is 1. The van der Waals surface area contributed by atoms with Crippen LogP contribution in [0.25, 0.3) is 0 Å². The molecule has 1 unspecified atom stereocenters. The number of methoxy groups -OCH3 is 1. The number of piperidine rings is 1. The van der Waals surface area contributed by atoms with Gasteiger partial charge in [0.15, 0.2) is 0 Å². The van der Waals surface area contributed by atoms with E-state index in [1.54, 1.807) is 16.8 Å². The van der Waals surface area contributed by atoms with Gasteiger partial charge in [0, 0.05) is 38.5 Å². The highest BCUT2D eigenvalue weighted by atomic mass is 32.2. The summed E-state index contributed by atoms with van der Waals surface area (Å²) < 4.78 is 4.82. The molecular formula is C25H34N6O6S. The molecule has 206 valence electrons. The highest BCUT2D eigenvalue weighted by molar-refractivity contribution is 7.99. The molecule has 2 atom stereocenters. The van der Waals surface area contributed by atoms with E-state index in [-0.39, 0.29) is 18.4 Å². The fourth-order valence-electron chi connectivity index (χ4n) is 5.26. The third kappa shape index (κ3) is 5.38. The summed E-state index contributed by atoms with van der Waals surface area (Å²) in [7, 11) is 2.99. The third-order valence-electron chi connectivity index (χ3n) is 7.41. The predicted octanol–water partition coefficient (Wildman–Crippen LogP) is 0.0459.